The number of alkyl halides is 3. The number of nitriles is 1. The molecular formula is C16H18F3N3. The second-order valence-corrected chi connectivity index (χ2v) is 6.26. The van der Waals surface area contributed by atoms with Gasteiger partial charge in [0.1, 0.15) is 0 Å². The van der Waals surface area contributed by atoms with Crippen LogP contribution in [-0.4, -0.2) is 19.1 Å². The summed E-state index contributed by atoms with van der Waals surface area (Å²) in [5.41, 5.74) is 5.51. The van der Waals surface area contributed by atoms with Crippen molar-refractivity contribution >= 4 is 5.69 Å². The molecule has 2 fully saturated rings. The lowest BCUT2D eigenvalue weighted by Gasteiger charge is -2.29. The molecule has 118 valence electrons. The lowest BCUT2D eigenvalue weighted by atomic mass is 9.78. The first-order chi connectivity index (χ1) is 10.4. The van der Waals surface area contributed by atoms with Crippen molar-refractivity contribution in [1.29, 1.82) is 5.26 Å². The van der Waals surface area contributed by atoms with E-state index in [0.29, 0.717) is 24.1 Å². The molecule has 2 aliphatic rings. The molecule has 1 aliphatic carbocycles. The van der Waals surface area contributed by atoms with Crippen LogP contribution in [0.1, 0.15) is 30.4 Å². The summed E-state index contributed by atoms with van der Waals surface area (Å²) in [4.78, 5) is 1.98. The second kappa shape index (κ2) is 5.47. The van der Waals surface area contributed by atoms with Crippen LogP contribution in [0, 0.1) is 23.2 Å². The highest BCUT2D eigenvalue weighted by Crippen LogP contribution is 2.40. The number of fused-ring (bicyclic) bond motifs is 1. The van der Waals surface area contributed by atoms with Gasteiger partial charge in [-0.05, 0) is 42.9 Å². The minimum Gasteiger partial charge on any atom is -0.371 e. The van der Waals surface area contributed by atoms with Crippen LogP contribution in [0.2, 0.25) is 0 Å². The Hall–Kier alpha value is -1.74. The SMILES string of the molecule is N#Cc1ccc(N2CC3CCCC(N)C3C2)cc1C(F)(F)F. The Morgan fingerprint density at radius 2 is 2.00 bits per heavy atom. The van der Waals surface area contributed by atoms with E-state index in [-0.39, 0.29) is 11.6 Å². The minimum absolute atomic E-state index is 0.143. The molecule has 6 heteroatoms. The zero-order valence-corrected chi connectivity index (χ0v) is 12.1. The fourth-order valence-electron chi connectivity index (χ4n) is 3.79. The molecule has 1 saturated heterocycles. The molecule has 0 radical (unpaired) electrons. The predicted octanol–water partition coefficient (Wildman–Crippen LogP) is 3.14. The molecule has 3 unspecified atom stereocenters. The first-order valence-electron chi connectivity index (χ1n) is 7.52. The molecule has 0 bridgehead atoms. The topological polar surface area (TPSA) is 53.0 Å². The Bertz CT molecular complexity index is 606. The Morgan fingerprint density at radius 1 is 1.23 bits per heavy atom. The lowest BCUT2D eigenvalue weighted by Crippen LogP contribution is -2.38. The highest BCUT2D eigenvalue weighted by Gasteiger charge is 2.40. The first-order valence-corrected chi connectivity index (χ1v) is 7.52. The van der Waals surface area contributed by atoms with E-state index in [1.54, 1.807) is 12.1 Å². The molecule has 3 nitrogen and oxygen atoms in total. The zero-order valence-electron chi connectivity index (χ0n) is 12.1. The van der Waals surface area contributed by atoms with E-state index in [2.05, 4.69) is 0 Å². The molecule has 1 aromatic carbocycles. The van der Waals surface area contributed by atoms with Gasteiger partial charge in [-0.2, -0.15) is 18.4 Å². The highest BCUT2D eigenvalue weighted by molar-refractivity contribution is 5.55. The number of benzene rings is 1. The van der Waals surface area contributed by atoms with Crippen molar-refractivity contribution in [3.63, 3.8) is 0 Å². The Morgan fingerprint density at radius 3 is 2.64 bits per heavy atom. The molecule has 1 heterocycles. The second-order valence-electron chi connectivity index (χ2n) is 6.26. The van der Waals surface area contributed by atoms with Gasteiger partial charge >= 0.3 is 6.18 Å². The Kier molecular flexibility index (Phi) is 3.77. The van der Waals surface area contributed by atoms with Gasteiger partial charge in [0.15, 0.2) is 0 Å². The molecule has 0 aromatic heterocycles. The summed E-state index contributed by atoms with van der Waals surface area (Å²) < 4.78 is 39.2. The van der Waals surface area contributed by atoms with Crippen molar-refractivity contribution in [3.05, 3.63) is 29.3 Å². The fraction of sp³-hybridized carbons (Fsp3) is 0.562. The molecule has 3 rings (SSSR count). The number of anilines is 1. The smallest absolute Gasteiger partial charge is 0.371 e. The monoisotopic (exact) mass is 309 g/mol. The third kappa shape index (κ3) is 2.66. The van der Waals surface area contributed by atoms with Gasteiger partial charge in [0.25, 0.3) is 0 Å². The van der Waals surface area contributed by atoms with Crippen LogP contribution in [0.15, 0.2) is 18.2 Å². The van der Waals surface area contributed by atoms with Crippen molar-refractivity contribution in [2.75, 3.05) is 18.0 Å². The summed E-state index contributed by atoms with van der Waals surface area (Å²) in [6.45, 7) is 1.45. The number of nitrogens with two attached hydrogens (primary N) is 1. The van der Waals surface area contributed by atoms with E-state index in [0.717, 1.165) is 31.9 Å². The van der Waals surface area contributed by atoms with Crippen molar-refractivity contribution in [1.82, 2.24) is 0 Å². The maximum Gasteiger partial charge on any atom is 0.417 e. The highest BCUT2D eigenvalue weighted by atomic mass is 19.4. The van der Waals surface area contributed by atoms with E-state index in [9.17, 15) is 13.2 Å². The zero-order chi connectivity index (χ0) is 15.9. The number of hydrogen-bond donors (Lipinski definition) is 1. The van der Waals surface area contributed by atoms with Gasteiger partial charge in [-0.3, -0.25) is 0 Å². The molecule has 1 aliphatic heterocycles. The summed E-state index contributed by atoms with van der Waals surface area (Å²) >= 11 is 0. The molecule has 0 amide bonds. The van der Waals surface area contributed by atoms with Crippen LogP contribution < -0.4 is 10.6 Å². The molecule has 1 aromatic rings. The number of nitrogens with zero attached hydrogens (tertiary/aromatic N) is 2. The third-order valence-corrected chi connectivity index (χ3v) is 4.95. The summed E-state index contributed by atoms with van der Waals surface area (Å²) in [6.07, 6.45) is -1.32. The molecule has 2 N–H and O–H groups in total. The van der Waals surface area contributed by atoms with Crippen LogP contribution in [0.5, 0.6) is 0 Å². The average molecular weight is 309 g/mol. The van der Waals surface area contributed by atoms with Gasteiger partial charge in [0.2, 0.25) is 0 Å². The van der Waals surface area contributed by atoms with Crippen LogP contribution in [0.3, 0.4) is 0 Å². The van der Waals surface area contributed by atoms with Gasteiger partial charge in [0, 0.05) is 24.8 Å². The van der Waals surface area contributed by atoms with E-state index in [1.807, 2.05) is 4.90 Å². The molecular weight excluding hydrogens is 291 g/mol. The largest absolute Gasteiger partial charge is 0.417 e. The molecule has 22 heavy (non-hydrogen) atoms. The van der Waals surface area contributed by atoms with Crippen molar-refractivity contribution in [2.24, 2.45) is 17.6 Å². The van der Waals surface area contributed by atoms with Crippen molar-refractivity contribution in [3.8, 4) is 6.07 Å². The lowest BCUT2D eigenvalue weighted by molar-refractivity contribution is -0.137. The summed E-state index contributed by atoms with van der Waals surface area (Å²) in [5, 5.41) is 8.86. The van der Waals surface area contributed by atoms with Crippen molar-refractivity contribution < 1.29 is 13.2 Å². The molecule has 3 atom stereocenters. The summed E-state index contributed by atoms with van der Waals surface area (Å²) in [7, 11) is 0. The standard InChI is InChI=1S/C16H18F3N3/c17-16(18,19)14-6-12(5-4-10(14)7-20)22-8-11-2-1-3-15(21)13(11)9-22/h4-6,11,13,15H,1-3,8-9,21H2. The Labute approximate surface area is 127 Å². The first kappa shape index (κ1) is 15.2. The predicted molar refractivity (Wildman–Crippen MR) is 77.2 cm³/mol. The van der Waals surface area contributed by atoms with E-state index in [1.165, 1.54) is 6.07 Å². The Balaban J connectivity index is 1.89. The summed E-state index contributed by atoms with van der Waals surface area (Å²) in [6, 6.07) is 5.73. The minimum atomic E-state index is -4.51. The van der Waals surface area contributed by atoms with E-state index in [4.69, 9.17) is 11.0 Å². The summed E-state index contributed by atoms with van der Waals surface area (Å²) in [5.74, 6) is 0.826. The van der Waals surface area contributed by atoms with Gasteiger partial charge < -0.3 is 10.6 Å². The van der Waals surface area contributed by atoms with Gasteiger partial charge in [-0.25, -0.2) is 0 Å². The van der Waals surface area contributed by atoms with Crippen LogP contribution in [0.25, 0.3) is 0 Å². The van der Waals surface area contributed by atoms with Gasteiger partial charge in [0.05, 0.1) is 17.2 Å². The van der Waals surface area contributed by atoms with Crippen LogP contribution >= 0.6 is 0 Å². The van der Waals surface area contributed by atoms with Crippen LogP contribution in [-0.2, 0) is 6.18 Å². The molecule has 1 saturated carbocycles. The van der Waals surface area contributed by atoms with E-state index < -0.39 is 11.7 Å². The quantitative estimate of drug-likeness (QED) is 0.867. The third-order valence-electron chi connectivity index (χ3n) is 4.95. The van der Waals surface area contributed by atoms with Crippen molar-refractivity contribution in [2.45, 2.75) is 31.5 Å². The van der Waals surface area contributed by atoms with Crippen LogP contribution in [0.4, 0.5) is 18.9 Å². The average Bonchev–Trinajstić information content (AvgIpc) is 2.91. The maximum atomic E-state index is 13.1. The van der Waals surface area contributed by atoms with Gasteiger partial charge in [-0.1, -0.05) is 6.42 Å². The van der Waals surface area contributed by atoms with E-state index >= 15 is 0 Å². The number of halogens is 3. The fourth-order valence-corrected chi connectivity index (χ4v) is 3.79. The maximum absolute atomic E-state index is 13.1. The number of rotatable bonds is 1. The van der Waals surface area contributed by atoms with Gasteiger partial charge in [-0.15, -0.1) is 0 Å². The normalized spacial score (nSPS) is 28.3. The number of hydrogen-bond acceptors (Lipinski definition) is 3. The molecule has 0 spiro atoms.